The van der Waals surface area contributed by atoms with Crippen LogP contribution in [0.1, 0.15) is 55.8 Å². The summed E-state index contributed by atoms with van der Waals surface area (Å²) in [6, 6.07) is 7.92. The molecule has 0 atom stereocenters. The summed E-state index contributed by atoms with van der Waals surface area (Å²) in [5.74, 6) is 0.358. The Morgan fingerprint density at radius 3 is 2.39 bits per heavy atom. The van der Waals surface area contributed by atoms with Crippen LogP contribution in [0.15, 0.2) is 41.4 Å². The van der Waals surface area contributed by atoms with Gasteiger partial charge in [-0.15, -0.1) is 0 Å². The Bertz CT molecular complexity index is 882. The molecule has 1 amide bonds. The number of unbranched alkanes of at least 4 members (excludes halogenated alkanes) is 1. The first-order valence-electron chi connectivity index (χ1n) is 9.96. The molecule has 0 aliphatic carbocycles. The lowest BCUT2D eigenvalue weighted by atomic mass is 10.2. The van der Waals surface area contributed by atoms with Crippen LogP contribution in [0.4, 0.5) is 5.82 Å². The van der Waals surface area contributed by atoms with Crippen molar-refractivity contribution in [2.45, 2.75) is 56.9 Å². The van der Waals surface area contributed by atoms with E-state index in [9.17, 15) is 13.2 Å². The second-order valence-electron chi connectivity index (χ2n) is 7.09. The second kappa shape index (κ2) is 9.34. The molecule has 3 rings (SSSR count). The number of sulfonamides is 1. The Labute approximate surface area is 166 Å². The molecule has 7 nitrogen and oxygen atoms in total. The fraction of sp³-hybridized carbons (Fsp3) is 0.500. The maximum atomic E-state index is 12.8. The van der Waals surface area contributed by atoms with E-state index < -0.39 is 10.0 Å². The van der Waals surface area contributed by atoms with E-state index in [0.29, 0.717) is 24.5 Å². The average Bonchev–Trinajstić information content (AvgIpc) is 2.95. The summed E-state index contributed by atoms with van der Waals surface area (Å²) < 4.78 is 29.0. The van der Waals surface area contributed by atoms with E-state index in [4.69, 9.17) is 0 Å². The van der Waals surface area contributed by atoms with Crippen LogP contribution in [-0.4, -0.2) is 41.5 Å². The van der Waals surface area contributed by atoms with Gasteiger partial charge in [0.15, 0.2) is 0 Å². The normalized spacial score (nSPS) is 15.9. The maximum Gasteiger partial charge on any atom is 0.256 e. The highest BCUT2D eigenvalue weighted by atomic mass is 32.2. The fourth-order valence-corrected chi connectivity index (χ4v) is 4.84. The fourth-order valence-electron chi connectivity index (χ4n) is 3.32. The molecule has 0 unspecified atom stereocenters. The SMILES string of the molecule is CCCCn1nccc1NC(=O)c1ccc(S(=O)(=O)N2CCCCCC2)cc1. The number of aromatic nitrogens is 2. The van der Waals surface area contributed by atoms with E-state index in [0.717, 1.165) is 45.1 Å². The van der Waals surface area contributed by atoms with Crippen molar-refractivity contribution < 1.29 is 13.2 Å². The van der Waals surface area contributed by atoms with Gasteiger partial charge in [0.25, 0.3) is 5.91 Å². The summed E-state index contributed by atoms with van der Waals surface area (Å²) in [4.78, 5) is 12.8. The lowest BCUT2D eigenvalue weighted by molar-refractivity contribution is 0.102. The summed E-state index contributed by atoms with van der Waals surface area (Å²) in [5, 5.41) is 7.07. The zero-order valence-corrected chi connectivity index (χ0v) is 17.1. The number of nitrogens with zero attached hydrogens (tertiary/aromatic N) is 3. The maximum absolute atomic E-state index is 12.8. The zero-order chi connectivity index (χ0) is 20.0. The van der Waals surface area contributed by atoms with E-state index in [1.54, 1.807) is 33.4 Å². The van der Waals surface area contributed by atoms with Crippen molar-refractivity contribution in [1.82, 2.24) is 14.1 Å². The van der Waals surface area contributed by atoms with Crippen molar-refractivity contribution in [1.29, 1.82) is 0 Å². The minimum absolute atomic E-state index is 0.235. The van der Waals surface area contributed by atoms with Crippen LogP contribution < -0.4 is 5.32 Å². The topological polar surface area (TPSA) is 84.3 Å². The van der Waals surface area contributed by atoms with E-state index in [1.807, 2.05) is 0 Å². The monoisotopic (exact) mass is 404 g/mol. The van der Waals surface area contributed by atoms with Crippen molar-refractivity contribution >= 4 is 21.7 Å². The van der Waals surface area contributed by atoms with E-state index in [2.05, 4.69) is 17.3 Å². The van der Waals surface area contributed by atoms with E-state index >= 15 is 0 Å². The molecule has 1 aliphatic rings. The van der Waals surface area contributed by atoms with Gasteiger partial charge in [0.2, 0.25) is 10.0 Å². The molecule has 1 aliphatic heterocycles. The van der Waals surface area contributed by atoms with Crippen LogP contribution in [0.2, 0.25) is 0 Å². The minimum atomic E-state index is -3.51. The lowest BCUT2D eigenvalue weighted by Gasteiger charge is -2.20. The highest BCUT2D eigenvalue weighted by molar-refractivity contribution is 7.89. The second-order valence-corrected chi connectivity index (χ2v) is 9.03. The van der Waals surface area contributed by atoms with Gasteiger partial charge in [-0.3, -0.25) is 4.79 Å². The molecule has 0 radical (unpaired) electrons. The predicted molar refractivity (Wildman–Crippen MR) is 109 cm³/mol. The van der Waals surface area contributed by atoms with Gasteiger partial charge in [-0.1, -0.05) is 26.2 Å². The average molecular weight is 405 g/mol. The third kappa shape index (κ3) is 4.80. The van der Waals surface area contributed by atoms with Crippen LogP contribution in [0.25, 0.3) is 0 Å². The van der Waals surface area contributed by atoms with Crippen molar-refractivity contribution in [3.8, 4) is 0 Å². The Balaban J connectivity index is 1.70. The third-order valence-electron chi connectivity index (χ3n) is 5.00. The van der Waals surface area contributed by atoms with Crippen molar-refractivity contribution in [3.05, 3.63) is 42.1 Å². The smallest absolute Gasteiger partial charge is 0.256 e. The first kappa shape index (κ1) is 20.5. The lowest BCUT2D eigenvalue weighted by Crippen LogP contribution is -2.31. The number of aryl methyl sites for hydroxylation is 1. The number of benzene rings is 1. The molecular weight excluding hydrogens is 376 g/mol. The first-order valence-corrected chi connectivity index (χ1v) is 11.4. The summed E-state index contributed by atoms with van der Waals surface area (Å²) in [7, 11) is -3.51. The van der Waals surface area contributed by atoms with Gasteiger partial charge in [0.05, 0.1) is 11.1 Å². The molecule has 2 heterocycles. The molecule has 152 valence electrons. The quantitative estimate of drug-likeness (QED) is 0.765. The minimum Gasteiger partial charge on any atom is -0.307 e. The van der Waals surface area contributed by atoms with Crippen LogP contribution in [-0.2, 0) is 16.6 Å². The van der Waals surface area contributed by atoms with Gasteiger partial charge in [0.1, 0.15) is 5.82 Å². The van der Waals surface area contributed by atoms with Gasteiger partial charge < -0.3 is 5.32 Å². The molecular formula is C20H28N4O3S. The molecule has 1 N–H and O–H groups in total. The molecule has 8 heteroatoms. The van der Waals surface area contributed by atoms with Crippen LogP contribution in [0.3, 0.4) is 0 Å². The highest BCUT2D eigenvalue weighted by Crippen LogP contribution is 2.21. The third-order valence-corrected chi connectivity index (χ3v) is 6.91. The predicted octanol–water partition coefficient (Wildman–Crippen LogP) is 3.50. The molecule has 0 spiro atoms. The molecule has 2 aromatic rings. The summed E-state index contributed by atoms with van der Waals surface area (Å²) >= 11 is 0. The molecule has 1 aromatic heterocycles. The summed E-state index contributed by atoms with van der Waals surface area (Å²) in [6.45, 7) is 3.97. The largest absolute Gasteiger partial charge is 0.307 e. The Hall–Kier alpha value is -2.19. The van der Waals surface area contributed by atoms with Crippen LogP contribution in [0.5, 0.6) is 0 Å². The molecule has 0 bridgehead atoms. The molecule has 0 saturated carbocycles. The van der Waals surface area contributed by atoms with Crippen molar-refractivity contribution in [2.75, 3.05) is 18.4 Å². The summed E-state index contributed by atoms with van der Waals surface area (Å²) in [6.07, 6.45) is 7.60. The zero-order valence-electron chi connectivity index (χ0n) is 16.3. The molecule has 1 fully saturated rings. The van der Waals surface area contributed by atoms with Gasteiger partial charge in [0, 0.05) is 31.3 Å². The number of anilines is 1. The van der Waals surface area contributed by atoms with Crippen molar-refractivity contribution in [3.63, 3.8) is 0 Å². The van der Waals surface area contributed by atoms with Crippen molar-refractivity contribution in [2.24, 2.45) is 0 Å². The standard InChI is InChI=1S/C20H28N4O3S/c1-2-3-16-24-19(12-13-21-24)22-20(25)17-8-10-18(11-9-17)28(26,27)23-14-6-4-5-7-15-23/h8-13H,2-7,14-16H2,1H3,(H,22,25). The summed E-state index contributed by atoms with van der Waals surface area (Å²) in [5.41, 5.74) is 0.415. The van der Waals surface area contributed by atoms with Crippen LogP contribution in [0, 0.1) is 0 Å². The van der Waals surface area contributed by atoms with Gasteiger partial charge >= 0.3 is 0 Å². The number of hydrogen-bond donors (Lipinski definition) is 1. The molecule has 1 aromatic carbocycles. The number of hydrogen-bond acceptors (Lipinski definition) is 4. The number of rotatable bonds is 7. The Kier molecular flexibility index (Phi) is 6.85. The Morgan fingerprint density at radius 2 is 1.75 bits per heavy atom. The molecule has 1 saturated heterocycles. The van der Waals surface area contributed by atoms with Gasteiger partial charge in [-0.2, -0.15) is 9.40 Å². The van der Waals surface area contributed by atoms with E-state index in [1.165, 1.54) is 12.1 Å². The highest BCUT2D eigenvalue weighted by Gasteiger charge is 2.25. The number of carbonyl (C=O) groups excluding carboxylic acids is 1. The number of nitrogens with one attached hydrogen (secondary N) is 1. The Morgan fingerprint density at radius 1 is 1.07 bits per heavy atom. The first-order chi connectivity index (χ1) is 13.5. The van der Waals surface area contributed by atoms with Gasteiger partial charge in [-0.05, 0) is 43.5 Å². The number of amides is 1. The van der Waals surface area contributed by atoms with Gasteiger partial charge in [-0.25, -0.2) is 13.1 Å². The van der Waals surface area contributed by atoms with E-state index in [-0.39, 0.29) is 10.8 Å². The molecule has 28 heavy (non-hydrogen) atoms. The number of carbonyl (C=O) groups is 1. The van der Waals surface area contributed by atoms with Crippen LogP contribution >= 0.6 is 0 Å².